The molecule has 1 heterocycles. The molecular formula is C13H21NO2S. The second kappa shape index (κ2) is 7.33. The van der Waals surface area contributed by atoms with Crippen molar-refractivity contribution >= 4 is 23.0 Å². The standard InChI is InChI=1S/C13H21NO2S/c1-3-5-6-10(4-2)9-16-13(15)12-11(14)7-8-17-12/h7-8,10H,3-6,9,14H2,1-2H3. The van der Waals surface area contributed by atoms with Gasteiger partial charge in [-0.05, 0) is 23.8 Å². The third-order valence-corrected chi connectivity index (χ3v) is 3.78. The van der Waals surface area contributed by atoms with E-state index in [9.17, 15) is 4.79 Å². The SMILES string of the molecule is CCCCC(CC)COC(=O)c1sccc1N. The summed E-state index contributed by atoms with van der Waals surface area (Å²) in [6.07, 6.45) is 4.55. The quantitative estimate of drug-likeness (QED) is 0.756. The number of nitrogen functional groups attached to an aromatic ring is 1. The number of hydrogen-bond acceptors (Lipinski definition) is 4. The predicted octanol–water partition coefficient (Wildman–Crippen LogP) is 3.70. The van der Waals surface area contributed by atoms with Gasteiger partial charge in [0.15, 0.2) is 0 Å². The van der Waals surface area contributed by atoms with E-state index in [1.165, 1.54) is 24.2 Å². The Morgan fingerprint density at radius 2 is 2.29 bits per heavy atom. The van der Waals surface area contributed by atoms with Crippen LogP contribution < -0.4 is 5.73 Å². The van der Waals surface area contributed by atoms with Crippen molar-refractivity contribution in [2.75, 3.05) is 12.3 Å². The third kappa shape index (κ3) is 4.38. The molecule has 0 amide bonds. The predicted molar refractivity (Wildman–Crippen MR) is 72.3 cm³/mol. The van der Waals surface area contributed by atoms with E-state index in [4.69, 9.17) is 10.5 Å². The van der Waals surface area contributed by atoms with Gasteiger partial charge in [-0.1, -0.05) is 33.1 Å². The number of esters is 1. The Hall–Kier alpha value is -1.03. The zero-order valence-corrected chi connectivity index (χ0v) is 11.4. The number of carbonyl (C=O) groups is 1. The summed E-state index contributed by atoms with van der Waals surface area (Å²) in [5.41, 5.74) is 6.19. The highest BCUT2D eigenvalue weighted by Crippen LogP contribution is 2.21. The maximum Gasteiger partial charge on any atom is 0.350 e. The van der Waals surface area contributed by atoms with E-state index >= 15 is 0 Å². The summed E-state index contributed by atoms with van der Waals surface area (Å²) < 4.78 is 5.31. The molecule has 0 spiro atoms. The molecular weight excluding hydrogens is 234 g/mol. The molecule has 1 atom stereocenters. The van der Waals surface area contributed by atoms with Gasteiger partial charge in [0, 0.05) is 0 Å². The highest BCUT2D eigenvalue weighted by Gasteiger charge is 2.15. The molecule has 0 radical (unpaired) electrons. The van der Waals surface area contributed by atoms with E-state index in [1.807, 2.05) is 0 Å². The number of anilines is 1. The first-order valence-corrected chi connectivity index (χ1v) is 7.07. The van der Waals surface area contributed by atoms with Crippen LogP contribution in [0.3, 0.4) is 0 Å². The molecule has 1 unspecified atom stereocenters. The van der Waals surface area contributed by atoms with Crippen LogP contribution in [0, 0.1) is 5.92 Å². The fraction of sp³-hybridized carbons (Fsp3) is 0.615. The van der Waals surface area contributed by atoms with Crippen LogP contribution >= 0.6 is 11.3 Å². The molecule has 4 heteroatoms. The van der Waals surface area contributed by atoms with Crippen molar-refractivity contribution < 1.29 is 9.53 Å². The van der Waals surface area contributed by atoms with E-state index in [2.05, 4.69) is 13.8 Å². The molecule has 0 aliphatic rings. The van der Waals surface area contributed by atoms with Gasteiger partial charge in [0.1, 0.15) is 4.88 Å². The molecule has 1 rings (SSSR count). The molecule has 0 saturated carbocycles. The van der Waals surface area contributed by atoms with Gasteiger partial charge < -0.3 is 10.5 Å². The van der Waals surface area contributed by atoms with Crippen LogP contribution in [0.5, 0.6) is 0 Å². The van der Waals surface area contributed by atoms with Gasteiger partial charge in [-0.25, -0.2) is 4.79 Å². The maximum absolute atomic E-state index is 11.7. The summed E-state index contributed by atoms with van der Waals surface area (Å²) in [6, 6.07) is 1.73. The van der Waals surface area contributed by atoms with Crippen LogP contribution in [0.1, 0.15) is 49.2 Å². The van der Waals surface area contributed by atoms with Crippen LogP contribution in [-0.2, 0) is 4.74 Å². The minimum absolute atomic E-state index is 0.285. The van der Waals surface area contributed by atoms with Gasteiger partial charge in [-0.2, -0.15) is 0 Å². The van der Waals surface area contributed by atoms with Gasteiger partial charge in [-0.15, -0.1) is 11.3 Å². The van der Waals surface area contributed by atoms with Crippen molar-refractivity contribution in [3.05, 3.63) is 16.3 Å². The average molecular weight is 255 g/mol. The minimum atomic E-state index is -0.285. The number of unbranched alkanes of at least 4 members (excludes halogenated alkanes) is 1. The molecule has 1 aromatic heterocycles. The van der Waals surface area contributed by atoms with Crippen molar-refractivity contribution in [2.45, 2.75) is 39.5 Å². The number of thiophene rings is 1. The molecule has 0 aromatic carbocycles. The van der Waals surface area contributed by atoms with E-state index in [-0.39, 0.29) is 5.97 Å². The molecule has 17 heavy (non-hydrogen) atoms. The fourth-order valence-corrected chi connectivity index (χ4v) is 2.35. The van der Waals surface area contributed by atoms with Crippen molar-refractivity contribution in [1.82, 2.24) is 0 Å². The highest BCUT2D eigenvalue weighted by molar-refractivity contribution is 7.12. The topological polar surface area (TPSA) is 52.3 Å². The van der Waals surface area contributed by atoms with E-state index in [0.717, 1.165) is 12.8 Å². The van der Waals surface area contributed by atoms with Gasteiger partial charge in [0.05, 0.1) is 12.3 Å². The average Bonchev–Trinajstić information content (AvgIpc) is 2.75. The molecule has 0 fully saturated rings. The molecule has 96 valence electrons. The first-order chi connectivity index (χ1) is 8.19. The summed E-state index contributed by atoms with van der Waals surface area (Å²) in [6.45, 7) is 4.81. The monoisotopic (exact) mass is 255 g/mol. The lowest BCUT2D eigenvalue weighted by molar-refractivity contribution is 0.0435. The van der Waals surface area contributed by atoms with Crippen molar-refractivity contribution in [3.8, 4) is 0 Å². The normalized spacial score (nSPS) is 12.4. The number of hydrogen-bond donors (Lipinski definition) is 1. The van der Waals surface area contributed by atoms with Crippen LogP contribution in [-0.4, -0.2) is 12.6 Å². The lowest BCUT2D eigenvalue weighted by atomic mass is 10.0. The van der Waals surface area contributed by atoms with Crippen molar-refractivity contribution in [1.29, 1.82) is 0 Å². The van der Waals surface area contributed by atoms with Gasteiger partial charge in [0.25, 0.3) is 0 Å². The zero-order chi connectivity index (χ0) is 12.7. The second-order valence-electron chi connectivity index (χ2n) is 4.22. The molecule has 3 nitrogen and oxygen atoms in total. The van der Waals surface area contributed by atoms with E-state index in [1.54, 1.807) is 11.4 Å². The number of ether oxygens (including phenoxy) is 1. The van der Waals surface area contributed by atoms with Crippen LogP contribution in [0.15, 0.2) is 11.4 Å². The maximum atomic E-state index is 11.7. The van der Waals surface area contributed by atoms with E-state index in [0.29, 0.717) is 23.1 Å². The highest BCUT2D eigenvalue weighted by atomic mass is 32.1. The molecule has 0 saturated heterocycles. The molecule has 1 aromatic rings. The zero-order valence-electron chi connectivity index (χ0n) is 10.6. The Morgan fingerprint density at radius 3 is 2.82 bits per heavy atom. The Morgan fingerprint density at radius 1 is 1.53 bits per heavy atom. The second-order valence-corrected chi connectivity index (χ2v) is 5.14. The summed E-state index contributed by atoms with van der Waals surface area (Å²) in [4.78, 5) is 12.3. The molecule has 2 N–H and O–H groups in total. The largest absolute Gasteiger partial charge is 0.461 e. The van der Waals surface area contributed by atoms with Crippen LogP contribution in [0.25, 0.3) is 0 Å². The fourth-order valence-electron chi connectivity index (χ4n) is 1.64. The van der Waals surface area contributed by atoms with Crippen LogP contribution in [0.2, 0.25) is 0 Å². The Balaban J connectivity index is 2.39. The molecule has 0 bridgehead atoms. The minimum Gasteiger partial charge on any atom is -0.461 e. The lowest BCUT2D eigenvalue weighted by Gasteiger charge is -2.14. The van der Waals surface area contributed by atoms with Crippen LogP contribution in [0.4, 0.5) is 5.69 Å². The third-order valence-electron chi connectivity index (χ3n) is 2.87. The molecule has 0 aliphatic carbocycles. The Bertz CT molecular complexity index is 349. The summed E-state index contributed by atoms with van der Waals surface area (Å²) in [5, 5.41) is 1.81. The summed E-state index contributed by atoms with van der Waals surface area (Å²) in [7, 11) is 0. The van der Waals surface area contributed by atoms with Gasteiger partial charge in [0.2, 0.25) is 0 Å². The summed E-state index contributed by atoms with van der Waals surface area (Å²) >= 11 is 1.34. The van der Waals surface area contributed by atoms with E-state index < -0.39 is 0 Å². The first kappa shape index (κ1) is 14.0. The number of carbonyl (C=O) groups excluding carboxylic acids is 1. The Kier molecular flexibility index (Phi) is 6.05. The number of rotatable bonds is 7. The van der Waals surface area contributed by atoms with Gasteiger partial charge in [-0.3, -0.25) is 0 Å². The van der Waals surface area contributed by atoms with Crippen molar-refractivity contribution in [3.63, 3.8) is 0 Å². The Labute approximate surface area is 107 Å². The number of nitrogens with two attached hydrogens (primary N) is 1. The summed E-state index contributed by atoms with van der Waals surface area (Å²) in [5.74, 6) is 0.188. The lowest BCUT2D eigenvalue weighted by Crippen LogP contribution is -2.14. The van der Waals surface area contributed by atoms with Gasteiger partial charge >= 0.3 is 5.97 Å². The van der Waals surface area contributed by atoms with Crippen molar-refractivity contribution in [2.24, 2.45) is 5.92 Å². The first-order valence-electron chi connectivity index (χ1n) is 6.19. The smallest absolute Gasteiger partial charge is 0.350 e. The molecule has 0 aliphatic heterocycles.